The topological polar surface area (TPSA) is 54.3 Å². The molecule has 0 radical (unpaired) electrons. The first-order valence-electron chi connectivity index (χ1n) is 10.6. The average molecular weight is 423 g/mol. The van der Waals surface area contributed by atoms with Crippen molar-refractivity contribution in [2.75, 3.05) is 6.54 Å². The van der Waals surface area contributed by atoms with E-state index >= 15 is 0 Å². The molecule has 1 aliphatic carbocycles. The molecule has 0 unspecified atom stereocenters. The first-order chi connectivity index (χ1) is 14.6. The molecule has 0 spiro atoms. The van der Waals surface area contributed by atoms with Crippen molar-refractivity contribution in [2.45, 2.75) is 45.2 Å². The van der Waals surface area contributed by atoms with Crippen molar-refractivity contribution >= 4 is 28.5 Å². The summed E-state index contributed by atoms with van der Waals surface area (Å²) < 4.78 is 1.90. The Kier molecular flexibility index (Phi) is 6.56. The predicted octanol–water partition coefficient (Wildman–Crippen LogP) is 6.02. The lowest BCUT2D eigenvalue weighted by Gasteiger charge is -2.13. The number of hydrogen-bond donors (Lipinski definition) is 2. The van der Waals surface area contributed by atoms with Crippen LogP contribution >= 0.6 is 11.6 Å². The molecule has 0 bridgehead atoms. The highest BCUT2D eigenvalue weighted by Crippen LogP contribution is 2.28. The van der Waals surface area contributed by atoms with E-state index in [0.717, 1.165) is 35.0 Å². The van der Waals surface area contributed by atoms with E-state index < -0.39 is 5.97 Å². The number of carboxylic acid groups (broad SMARTS) is 1. The second-order valence-corrected chi connectivity index (χ2v) is 8.33. The predicted molar refractivity (Wildman–Crippen MR) is 122 cm³/mol. The van der Waals surface area contributed by atoms with Gasteiger partial charge in [-0.05, 0) is 62.4 Å². The van der Waals surface area contributed by atoms with Gasteiger partial charge in [-0.25, -0.2) is 4.79 Å². The van der Waals surface area contributed by atoms with E-state index in [1.54, 1.807) is 0 Å². The summed E-state index contributed by atoms with van der Waals surface area (Å²) in [4.78, 5) is 12.3. The molecule has 0 fully saturated rings. The molecule has 2 N–H and O–H groups in total. The zero-order valence-corrected chi connectivity index (χ0v) is 17.8. The highest BCUT2D eigenvalue weighted by Gasteiger charge is 2.22. The summed E-state index contributed by atoms with van der Waals surface area (Å²) in [5.74, 6) is -0.896. The van der Waals surface area contributed by atoms with Gasteiger partial charge in [-0.15, -0.1) is 0 Å². The zero-order chi connectivity index (χ0) is 20.9. The minimum atomic E-state index is -0.896. The number of carboxylic acids is 1. The van der Waals surface area contributed by atoms with Gasteiger partial charge in [0.15, 0.2) is 0 Å². The van der Waals surface area contributed by atoms with E-state index in [0.29, 0.717) is 23.8 Å². The lowest BCUT2D eigenvalue weighted by molar-refractivity contribution is 0.0685. The number of fused-ring (bicyclic) bond motifs is 1. The number of halogens is 1. The summed E-state index contributed by atoms with van der Waals surface area (Å²) in [6, 6.07) is 15.5. The van der Waals surface area contributed by atoms with Crippen LogP contribution in [-0.2, 0) is 13.1 Å². The Morgan fingerprint density at radius 1 is 1.10 bits per heavy atom. The number of nitrogens with one attached hydrogen (secondary N) is 1. The van der Waals surface area contributed by atoms with E-state index in [9.17, 15) is 9.90 Å². The molecule has 0 saturated carbocycles. The standard InChI is InChI=1S/C25H27ClN2O2/c26-20-12-10-19(11-13-20)17-28-23-9-5-4-8-21(23)22(24(28)25(29)30)16-27-15-14-18-6-2-1-3-7-18/h4-6,8-13,27H,1-3,7,14-17H2,(H,29,30). The Bertz CT molecular complexity index is 1070. The third-order valence-electron chi connectivity index (χ3n) is 5.84. The van der Waals surface area contributed by atoms with Gasteiger partial charge in [-0.3, -0.25) is 0 Å². The molecule has 1 aromatic heterocycles. The maximum Gasteiger partial charge on any atom is 0.352 e. The van der Waals surface area contributed by atoms with Crippen molar-refractivity contribution in [3.8, 4) is 0 Å². The number of rotatable bonds is 8. The van der Waals surface area contributed by atoms with Crippen LogP contribution in [0.3, 0.4) is 0 Å². The molecule has 0 aliphatic heterocycles. The SMILES string of the molecule is O=C(O)c1c(CNCCC2=CCCCC2)c2ccccc2n1Cc1ccc(Cl)cc1. The molecule has 4 rings (SSSR count). The fourth-order valence-electron chi connectivity index (χ4n) is 4.33. The third-order valence-corrected chi connectivity index (χ3v) is 6.09. The number of allylic oxidation sites excluding steroid dienone is 1. The first kappa shape index (κ1) is 20.7. The molecular weight excluding hydrogens is 396 g/mol. The van der Waals surface area contributed by atoms with E-state index in [1.807, 2.05) is 53.1 Å². The summed E-state index contributed by atoms with van der Waals surface area (Å²) in [6.45, 7) is 1.90. The molecule has 0 saturated heterocycles. The van der Waals surface area contributed by atoms with E-state index in [4.69, 9.17) is 11.6 Å². The summed E-state index contributed by atoms with van der Waals surface area (Å²) in [7, 11) is 0. The van der Waals surface area contributed by atoms with Gasteiger partial charge < -0.3 is 15.0 Å². The van der Waals surface area contributed by atoms with E-state index in [-0.39, 0.29) is 0 Å². The second-order valence-electron chi connectivity index (χ2n) is 7.90. The molecule has 0 atom stereocenters. The summed E-state index contributed by atoms with van der Waals surface area (Å²) in [5.41, 5.74) is 4.70. The van der Waals surface area contributed by atoms with Crippen LogP contribution in [0, 0.1) is 0 Å². The number of nitrogens with zero attached hydrogens (tertiary/aromatic N) is 1. The lowest BCUT2D eigenvalue weighted by atomic mass is 9.97. The van der Waals surface area contributed by atoms with Crippen LogP contribution in [0.4, 0.5) is 0 Å². The van der Waals surface area contributed by atoms with Crippen molar-refractivity contribution in [3.63, 3.8) is 0 Å². The van der Waals surface area contributed by atoms with Gasteiger partial charge in [0.05, 0.1) is 0 Å². The highest BCUT2D eigenvalue weighted by atomic mass is 35.5. The molecule has 30 heavy (non-hydrogen) atoms. The van der Waals surface area contributed by atoms with Gasteiger partial charge in [-0.1, -0.05) is 53.6 Å². The molecule has 2 aromatic carbocycles. The summed E-state index contributed by atoms with van der Waals surface area (Å²) >= 11 is 6.01. The summed E-state index contributed by atoms with van der Waals surface area (Å²) in [5, 5.41) is 15.2. The van der Waals surface area contributed by atoms with Crippen molar-refractivity contribution in [2.24, 2.45) is 0 Å². The van der Waals surface area contributed by atoms with Gasteiger partial charge in [-0.2, -0.15) is 0 Å². The van der Waals surface area contributed by atoms with E-state index in [2.05, 4.69) is 11.4 Å². The average Bonchev–Trinajstić information content (AvgIpc) is 3.07. The maximum absolute atomic E-state index is 12.3. The molecule has 1 heterocycles. The molecule has 156 valence electrons. The molecular formula is C25H27ClN2O2. The number of hydrogen-bond acceptors (Lipinski definition) is 2. The van der Waals surface area contributed by atoms with E-state index in [1.165, 1.54) is 31.3 Å². The fourth-order valence-corrected chi connectivity index (χ4v) is 4.46. The number of aromatic carboxylic acids is 1. The van der Waals surface area contributed by atoms with Gasteiger partial charge >= 0.3 is 5.97 Å². The Morgan fingerprint density at radius 3 is 2.63 bits per heavy atom. The Hall–Kier alpha value is -2.56. The number of para-hydroxylation sites is 1. The highest BCUT2D eigenvalue weighted by molar-refractivity contribution is 6.30. The first-order valence-corrected chi connectivity index (χ1v) is 11.0. The Labute approximate surface area is 182 Å². The second kappa shape index (κ2) is 9.50. The molecule has 4 nitrogen and oxygen atoms in total. The molecule has 1 aliphatic rings. The van der Waals surface area contributed by atoms with Crippen LogP contribution in [0.25, 0.3) is 10.9 Å². The van der Waals surface area contributed by atoms with Crippen LogP contribution in [-0.4, -0.2) is 22.2 Å². The van der Waals surface area contributed by atoms with Crippen LogP contribution in [0.1, 0.15) is 53.7 Å². The van der Waals surface area contributed by atoms with Crippen LogP contribution < -0.4 is 5.32 Å². The molecule has 0 amide bonds. The normalized spacial score (nSPS) is 14.1. The minimum Gasteiger partial charge on any atom is -0.477 e. The largest absolute Gasteiger partial charge is 0.477 e. The van der Waals surface area contributed by atoms with Gasteiger partial charge in [0, 0.05) is 34.6 Å². The van der Waals surface area contributed by atoms with Crippen molar-refractivity contribution in [3.05, 3.63) is 82.0 Å². The monoisotopic (exact) mass is 422 g/mol. The quantitative estimate of drug-likeness (QED) is 0.344. The van der Waals surface area contributed by atoms with Crippen LogP contribution in [0.5, 0.6) is 0 Å². The summed E-state index contributed by atoms with van der Waals surface area (Å²) in [6.07, 6.45) is 8.37. The molecule has 3 aromatic rings. The Morgan fingerprint density at radius 2 is 1.90 bits per heavy atom. The fraction of sp³-hybridized carbons (Fsp3) is 0.320. The Balaban J connectivity index is 1.60. The van der Waals surface area contributed by atoms with Crippen LogP contribution in [0.15, 0.2) is 60.2 Å². The number of aromatic nitrogens is 1. The van der Waals surface area contributed by atoms with Gasteiger partial charge in [0.1, 0.15) is 5.69 Å². The van der Waals surface area contributed by atoms with Gasteiger partial charge in [0.2, 0.25) is 0 Å². The minimum absolute atomic E-state index is 0.357. The van der Waals surface area contributed by atoms with Crippen molar-refractivity contribution in [1.29, 1.82) is 0 Å². The smallest absolute Gasteiger partial charge is 0.352 e. The van der Waals surface area contributed by atoms with Gasteiger partial charge in [0.25, 0.3) is 0 Å². The maximum atomic E-state index is 12.3. The van der Waals surface area contributed by atoms with Crippen molar-refractivity contribution in [1.82, 2.24) is 9.88 Å². The number of benzene rings is 2. The van der Waals surface area contributed by atoms with Crippen molar-refractivity contribution < 1.29 is 9.90 Å². The lowest BCUT2D eigenvalue weighted by Crippen LogP contribution is -2.19. The zero-order valence-electron chi connectivity index (χ0n) is 17.0. The molecule has 5 heteroatoms. The third kappa shape index (κ3) is 4.61. The van der Waals surface area contributed by atoms with Crippen LogP contribution in [0.2, 0.25) is 5.02 Å². The number of carbonyl (C=O) groups is 1.